The van der Waals surface area contributed by atoms with E-state index in [9.17, 15) is 14.5 Å². The van der Waals surface area contributed by atoms with Gasteiger partial charge in [-0.15, -0.1) is 11.6 Å². The van der Waals surface area contributed by atoms with Crippen molar-refractivity contribution in [1.82, 2.24) is 0 Å². The molecule has 0 saturated heterocycles. The first kappa shape index (κ1) is 14.6. The lowest BCUT2D eigenvalue weighted by Crippen LogP contribution is -1.96. The molecule has 7 heteroatoms. The Hall–Kier alpha value is -1.85. The van der Waals surface area contributed by atoms with Crippen molar-refractivity contribution < 1.29 is 14.1 Å². The van der Waals surface area contributed by atoms with Crippen molar-refractivity contribution in [2.75, 3.05) is 0 Å². The van der Waals surface area contributed by atoms with Crippen LogP contribution < -0.4 is 4.74 Å². The molecule has 0 bridgehead atoms. The van der Waals surface area contributed by atoms with Crippen molar-refractivity contribution in [2.45, 2.75) is 5.88 Å². The lowest BCUT2D eigenvalue weighted by molar-refractivity contribution is -0.385. The number of halogens is 3. The van der Waals surface area contributed by atoms with Crippen molar-refractivity contribution >= 4 is 28.9 Å². The predicted molar refractivity (Wildman–Crippen MR) is 74.1 cm³/mol. The fraction of sp³-hybridized carbons (Fsp3) is 0.0769. The molecule has 20 heavy (non-hydrogen) atoms. The zero-order chi connectivity index (χ0) is 14.7. The van der Waals surface area contributed by atoms with E-state index in [0.717, 1.165) is 0 Å². The van der Waals surface area contributed by atoms with Gasteiger partial charge in [0.25, 0.3) is 0 Å². The van der Waals surface area contributed by atoms with Crippen molar-refractivity contribution in [3.8, 4) is 11.5 Å². The molecule has 0 unspecified atom stereocenters. The van der Waals surface area contributed by atoms with E-state index in [1.54, 1.807) is 6.07 Å². The molecule has 2 aromatic rings. The van der Waals surface area contributed by atoms with E-state index in [1.807, 2.05) is 0 Å². The second-order valence-corrected chi connectivity index (χ2v) is 4.52. The molecule has 0 N–H and O–H groups in total. The second kappa shape index (κ2) is 6.07. The van der Waals surface area contributed by atoms with E-state index in [-0.39, 0.29) is 28.1 Å². The highest BCUT2D eigenvalue weighted by Gasteiger charge is 2.18. The van der Waals surface area contributed by atoms with Crippen LogP contribution >= 0.6 is 23.2 Å². The summed E-state index contributed by atoms with van der Waals surface area (Å²) in [6.07, 6.45) is 0. The summed E-state index contributed by atoms with van der Waals surface area (Å²) in [6.45, 7) is 0. The first-order chi connectivity index (χ1) is 9.52. The van der Waals surface area contributed by atoms with Crippen molar-refractivity contribution in [3.05, 3.63) is 62.9 Å². The minimum absolute atomic E-state index is 0.0787. The third-order valence-corrected chi connectivity index (χ3v) is 3.11. The number of hydrogen-bond donors (Lipinski definition) is 0. The molecule has 0 aliphatic rings. The van der Waals surface area contributed by atoms with Gasteiger partial charge in [-0.05, 0) is 23.8 Å². The molecule has 2 aromatic carbocycles. The Labute approximate surface area is 123 Å². The summed E-state index contributed by atoms with van der Waals surface area (Å²) in [5, 5.41) is 10.9. The van der Waals surface area contributed by atoms with Crippen LogP contribution in [0.3, 0.4) is 0 Å². The summed E-state index contributed by atoms with van der Waals surface area (Å²) in [5.74, 6) is -0.902. The molecule has 0 aliphatic heterocycles. The largest absolute Gasteiger partial charge is 0.447 e. The molecule has 4 nitrogen and oxygen atoms in total. The molecule has 0 radical (unpaired) electrons. The predicted octanol–water partition coefficient (Wildman–Crippen LogP) is 4.92. The molecule has 0 fully saturated rings. The first-order valence-electron chi connectivity index (χ1n) is 5.48. The van der Waals surface area contributed by atoms with Crippen LogP contribution in [-0.2, 0) is 5.88 Å². The Morgan fingerprint density at radius 2 is 2.00 bits per heavy atom. The lowest BCUT2D eigenvalue weighted by Gasteiger charge is -2.08. The van der Waals surface area contributed by atoms with Crippen LogP contribution in [0.4, 0.5) is 10.1 Å². The van der Waals surface area contributed by atoms with Crippen LogP contribution in [0.25, 0.3) is 0 Å². The third-order valence-electron chi connectivity index (χ3n) is 2.51. The van der Waals surface area contributed by atoms with E-state index in [4.69, 9.17) is 27.9 Å². The highest BCUT2D eigenvalue weighted by atomic mass is 35.5. The Balaban J connectivity index is 2.43. The van der Waals surface area contributed by atoms with E-state index >= 15 is 0 Å². The van der Waals surface area contributed by atoms with Gasteiger partial charge in [0.05, 0.1) is 9.95 Å². The van der Waals surface area contributed by atoms with Gasteiger partial charge in [0.2, 0.25) is 5.75 Å². The fourth-order valence-corrected chi connectivity index (χ4v) is 1.89. The maximum absolute atomic E-state index is 13.7. The average Bonchev–Trinajstić information content (AvgIpc) is 2.44. The van der Waals surface area contributed by atoms with Crippen LogP contribution in [-0.4, -0.2) is 4.92 Å². The van der Waals surface area contributed by atoms with E-state index in [0.29, 0.717) is 5.56 Å². The second-order valence-electron chi connectivity index (χ2n) is 3.85. The number of alkyl halides is 1. The first-order valence-corrected chi connectivity index (χ1v) is 6.39. The van der Waals surface area contributed by atoms with Gasteiger partial charge in [-0.1, -0.05) is 23.7 Å². The lowest BCUT2D eigenvalue weighted by atomic mass is 10.2. The zero-order valence-corrected chi connectivity index (χ0v) is 11.5. The van der Waals surface area contributed by atoms with Crippen LogP contribution in [0.1, 0.15) is 5.56 Å². The van der Waals surface area contributed by atoms with Crippen molar-refractivity contribution in [3.63, 3.8) is 0 Å². The van der Waals surface area contributed by atoms with Crippen molar-refractivity contribution in [2.24, 2.45) is 0 Å². The third kappa shape index (κ3) is 3.00. The maximum atomic E-state index is 13.7. The Bertz CT molecular complexity index is 664. The summed E-state index contributed by atoms with van der Waals surface area (Å²) >= 11 is 11.2. The maximum Gasteiger partial charge on any atom is 0.311 e. The molecule has 0 atom stereocenters. The Kier molecular flexibility index (Phi) is 4.42. The smallest absolute Gasteiger partial charge is 0.311 e. The fourth-order valence-electron chi connectivity index (χ4n) is 1.56. The van der Waals surface area contributed by atoms with E-state index < -0.39 is 10.7 Å². The summed E-state index contributed by atoms with van der Waals surface area (Å²) in [5.41, 5.74) is 0.278. The van der Waals surface area contributed by atoms with Crippen LogP contribution in [0.2, 0.25) is 5.02 Å². The molecule has 0 aromatic heterocycles. The molecular weight excluding hydrogens is 308 g/mol. The standard InChI is InChI=1S/C13H8Cl2FNO3/c14-7-8-4-5-11(10(6-8)17(18)19)20-12-3-1-2-9(15)13(12)16/h1-6H,7H2. The molecule has 0 aliphatic carbocycles. The van der Waals surface area contributed by atoms with Gasteiger partial charge >= 0.3 is 5.69 Å². The number of benzene rings is 2. The SMILES string of the molecule is O=[N+]([O-])c1cc(CCl)ccc1Oc1cccc(Cl)c1F. The van der Waals surface area contributed by atoms with E-state index in [2.05, 4.69) is 0 Å². The molecule has 0 spiro atoms. The van der Waals surface area contributed by atoms with Gasteiger partial charge in [-0.25, -0.2) is 4.39 Å². The summed E-state index contributed by atoms with van der Waals surface area (Å²) in [4.78, 5) is 10.4. The average molecular weight is 316 g/mol. The van der Waals surface area contributed by atoms with Crippen LogP contribution in [0.5, 0.6) is 11.5 Å². The van der Waals surface area contributed by atoms with Gasteiger partial charge in [-0.2, -0.15) is 0 Å². The van der Waals surface area contributed by atoms with Crippen LogP contribution in [0, 0.1) is 15.9 Å². The highest BCUT2D eigenvalue weighted by Crippen LogP contribution is 2.35. The number of nitro groups is 1. The summed E-state index contributed by atoms with van der Waals surface area (Å²) < 4.78 is 19.0. The highest BCUT2D eigenvalue weighted by molar-refractivity contribution is 6.30. The van der Waals surface area contributed by atoms with Crippen molar-refractivity contribution in [1.29, 1.82) is 0 Å². The summed E-state index contributed by atoms with van der Waals surface area (Å²) in [6, 6.07) is 8.40. The van der Waals surface area contributed by atoms with Gasteiger partial charge in [0.1, 0.15) is 0 Å². The minimum Gasteiger partial charge on any atom is -0.447 e. The summed E-state index contributed by atoms with van der Waals surface area (Å²) in [7, 11) is 0. The van der Waals surface area contributed by atoms with Gasteiger partial charge < -0.3 is 4.74 Å². The molecule has 104 valence electrons. The molecule has 0 amide bonds. The number of nitro benzene ring substituents is 1. The Morgan fingerprint density at radius 1 is 1.25 bits per heavy atom. The number of hydrogen-bond acceptors (Lipinski definition) is 3. The number of ether oxygens (including phenoxy) is 1. The zero-order valence-electron chi connectivity index (χ0n) is 9.98. The minimum atomic E-state index is -0.773. The van der Waals surface area contributed by atoms with Gasteiger partial charge in [0, 0.05) is 11.9 Å². The van der Waals surface area contributed by atoms with Crippen LogP contribution in [0.15, 0.2) is 36.4 Å². The molecule has 2 rings (SSSR count). The molecule has 0 heterocycles. The van der Waals surface area contributed by atoms with Gasteiger partial charge in [0.15, 0.2) is 11.6 Å². The normalized spacial score (nSPS) is 10.3. The molecule has 0 saturated carbocycles. The number of nitrogens with zero attached hydrogens (tertiary/aromatic N) is 1. The van der Waals surface area contributed by atoms with E-state index in [1.165, 1.54) is 30.3 Å². The monoisotopic (exact) mass is 315 g/mol. The number of rotatable bonds is 4. The molecular formula is C13H8Cl2FNO3. The quantitative estimate of drug-likeness (QED) is 0.457. The van der Waals surface area contributed by atoms with Gasteiger partial charge in [-0.3, -0.25) is 10.1 Å². The Morgan fingerprint density at radius 3 is 2.65 bits per heavy atom. The topological polar surface area (TPSA) is 52.4 Å².